The highest BCUT2D eigenvalue weighted by Gasteiger charge is 2.37. The summed E-state index contributed by atoms with van der Waals surface area (Å²) in [7, 11) is 3.60. The fourth-order valence-corrected chi connectivity index (χ4v) is 7.26. The molecule has 4 nitrogen and oxygen atoms in total. The van der Waals surface area contributed by atoms with Gasteiger partial charge in [0.25, 0.3) is 0 Å². The van der Waals surface area contributed by atoms with Crippen molar-refractivity contribution in [2.75, 3.05) is 26.2 Å². The van der Waals surface area contributed by atoms with E-state index in [9.17, 15) is 0 Å². The second-order valence-corrected chi connectivity index (χ2v) is 9.79. The average Bonchev–Trinajstić information content (AvgIpc) is 3.36. The Kier molecular flexibility index (Phi) is 4.15. The lowest BCUT2D eigenvalue weighted by atomic mass is 9.94. The van der Waals surface area contributed by atoms with Gasteiger partial charge in [-0.2, -0.15) is 0 Å². The number of rotatable bonds is 0. The highest BCUT2D eigenvalue weighted by atomic mass is 33.1. The van der Waals surface area contributed by atoms with Crippen LogP contribution in [0.3, 0.4) is 0 Å². The zero-order valence-corrected chi connectivity index (χ0v) is 17.3. The van der Waals surface area contributed by atoms with Crippen LogP contribution >= 0.6 is 21.6 Å². The molecule has 2 atom stereocenters. The van der Waals surface area contributed by atoms with E-state index in [4.69, 9.17) is 9.98 Å². The lowest BCUT2D eigenvalue weighted by Gasteiger charge is -2.35. The van der Waals surface area contributed by atoms with E-state index in [0.29, 0.717) is 12.1 Å². The van der Waals surface area contributed by atoms with Crippen LogP contribution in [-0.4, -0.2) is 46.3 Å². The molecule has 0 amide bonds. The number of benzene rings is 2. The topological polar surface area (TPSA) is 31.2 Å². The molecular weight excluding hydrogens is 384 g/mol. The molecule has 6 rings (SSSR count). The molecule has 4 heterocycles. The summed E-state index contributed by atoms with van der Waals surface area (Å²) in [5.74, 6) is 0. The van der Waals surface area contributed by atoms with Gasteiger partial charge in [0, 0.05) is 13.1 Å². The maximum absolute atomic E-state index is 4.89. The first-order chi connectivity index (χ1) is 13.9. The number of aliphatic imine (C=N–C) groups is 2. The predicted molar refractivity (Wildman–Crippen MR) is 119 cm³/mol. The Morgan fingerprint density at radius 1 is 0.679 bits per heavy atom. The van der Waals surface area contributed by atoms with Crippen LogP contribution in [0.1, 0.15) is 34.3 Å². The molecule has 0 radical (unpaired) electrons. The summed E-state index contributed by atoms with van der Waals surface area (Å²) in [5.41, 5.74) is 5.91. The van der Waals surface area contributed by atoms with Crippen LogP contribution in [0.15, 0.2) is 58.5 Å². The van der Waals surface area contributed by atoms with Crippen LogP contribution in [0.5, 0.6) is 0 Å². The fourth-order valence-electron chi connectivity index (χ4n) is 4.89. The molecule has 2 aromatic rings. The smallest absolute Gasteiger partial charge is 0.171 e. The predicted octanol–water partition coefficient (Wildman–Crippen LogP) is 4.31. The van der Waals surface area contributed by atoms with E-state index in [1.165, 1.54) is 32.6 Å². The third-order valence-corrected chi connectivity index (χ3v) is 8.56. The normalized spacial score (nSPS) is 24.9. The Hall–Kier alpha value is -1.92. The Labute approximate surface area is 173 Å². The Balaban J connectivity index is 1.14. The minimum Gasteiger partial charge on any atom is -0.342 e. The lowest BCUT2D eigenvalue weighted by molar-refractivity contribution is 0.336. The largest absolute Gasteiger partial charge is 0.342 e. The highest BCUT2D eigenvalue weighted by molar-refractivity contribution is 8.87. The summed E-state index contributed by atoms with van der Waals surface area (Å²) in [6.07, 6.45) is 2.23. The number of amidine groups is 2. The first-order valence-corrected chi connectivity index (χ1v) is 12.2. The highest BCUT2D eigenvalue weighted by Crippen LogP contribution is 2.43. The maximum atomic E-state index is 4.89. The standard InChI is InChI=1S/C22H22N4S2/c1-3-7-17-15(5-1)9-11-25-19(17)13-23-21(25)27-28-22-24-14-20-18-8-4-2-6-16(18)10-12-26(20)22/h1-8,19-20H,9-14H2. The number of nitrogens with zero attached hydrogens (tertiary/aromatic N) is 4. The van der Waals surface area contributed by atoms with Gasteiger partial charge in [0.2, 0.25) is 0 Å². The van der Waals surface area contributed by atoms with Gasteiger partial charge in [0.15, 0.2) is 10.3 Å². The van der Waals surface area contributed by atoms with Crippen molar-refractivity contribution in [1.29, 1.82) is 0 Å². The molecule has 0 fully saturated rings. The molecule has 142 valence electrons. The molecule has 4 aliphatic heterocycles. The molecular formula is C22H22N4S2. The van der Waals surface area contributed by atoms with E-state index in [1.807, 2.05) is 0 Å². The van der Waals surface area contributed by atoms with Crippen molar-refractivity contribution in [2.24, 2.45) is 9.98 Å². The number of fused-ring (bicyclic) bond motifs is 6. The lowest BCUT2D eigenvalue weighted by Crippen LogP contribution is -2.36. The van der Waals surface area contributed by atoms with E-state index in [0.717, 1.165) is 39.0 Å². The van der Waals surface area contributed by atoms with E-state index >= 15 is 0 Å². The summed E-state index contributed by atoms with van der Waals surface area (Å²) in [6, 6.07) is 18.6. The second-order valence-electron chi connectivity index (χ2n) is 7.73. The van der Waals surface area contributed by atoms with Crippen LogP contribution in [0.4, 0.5) is 0 Å². The monoisotopic (exact) mass is 406 g/mol. The van der Waals surface area contributed by atoms with Gasteiger partial charge in [-0.1, -0.05) is 48.5 Å². The average molecular weight is 407 g/mol. The molecule has 28 heavy (non-hydrogen) atoms. The minimum atomic E-state index is 0.424. The van der Waals surface area contributed by atoms with Gasteiger partial charge in [-0.05, 0) is 56.7 Å². The minimum absolute atomic E-state index is 0.424. The zero-order chi connectivity index (χ0) is 18.5. The SMILES string of the molecule is c1ccc2c(c1)CCN1C(SSC3=NCC4c5ccccc5CCN34)=NCC21. The van der Waals surface area contributed by atoms with Gasteiger partial charge in [-0.25, -0.2) is 0 Å². The Morgan fingerprint density at radius 3 is 1.64 bits per heavy atom. The van der Waals surface area contributed by atoms with Crippen molar-refractivity contribution in [3.05, 3.63) is 70.8 Å². The quantitative estimate of drug-likeness (QED) is 0.610. The molecule has 0 saturated carbocycles. The summed E-state index contributed by atoms with van der Waals surface area (Å²) in [5, 5.41) is 2.35. The van der Waals surface area contributed by atoms with Crippen molar-refractivity contribution >= 4 is 31.9 Å². The number of hydrogen-bond acceptors (Lipinski definition) is 6. The van der Waals surface area contributed by atoms with E-state index in [1.54, 1.807) is 21.6 Å². The van der Waals surface area contributed by atoms with Gasteiger partial charge < -0.3 is 9.80 Å². The van der Waals surface area contributed by atoms with Crippen molar-refractivity contribution in [3.63, 3.8) is 0 Å². The van der Waals surface area contributed by atoms with E-state index in [2.05, 4.69) is 58.3 Å². The molecule has 4 aliphatic rings. The van der Waals surface area contributed by atoms with Crippen LogP contribution in [0.2, 0.25) is 0 Å². The van der Waals surface area contributed by atoms with Crippen molar-refractivity contribution in [2.45, 2.75) is 24.9 Å². The molecule has 0 aliphatic carbocycles. The zero-order valence-electron chi connectivity index (χ0n) is 15.6. The molecule has 0 spiro atoms. The molecule has 0 bridgehead atoms. The summed E-state index contributed by atoms with van der Waals surface area (Å²) < 4.78 is 0. The Bertz CT molecular complexity index is 907. The van der Waals surface area contributed by atoms with Crippen molar-refractivity contribution in [1.82, 2.24) is 9.80 Å². The van der Waals surface area contributed by atoms with Gasteiger partial charge in [-0.15, -0.1) is 0 Å². The Morgan fingerprint density at radius 2 is 1.14 bits per heavy atom. The maximum Gasteiger partial charge on any atom is 0.171 e. The van der Waals surface area contributed by atoms with Crippen molar-refractivity contribution < 1.29 is 0 Å². The van der Waals surface area contributed by atoms with Gasteiger partial charge in [0.05, 0.1) is 25.2 Å². The van der Waals surface area contributed by atoms with Gasteiger partial charge in [0.1, 0.15) is 0 Å². The van der Waals surface area contributed by atoms with Gasteiger partial charge in [-0.3, -0.25) is 9.98 Å². The van der Waals surface area contributed by atoms with Gasteiger partial charge >= 0.3 is 0 Å². The molecule has 0 N–H and O–H groups in total. The van der Waals surface area contributed by atoms with Crippen LogP contribution in [-0.2, 0) is 12.8 Å². The van der Waals surface area contributed by atoms with E-state index in [-0.39, 0.29) is 0 Å². The summed E-state index contributed by atoms with van der Waals surface area (Å²) >= 11 is 0. The first-order valence-electron chi connectivity index (χ1n) is 10.0. The summed E-state index contributed by atoms with van der Waals surface area (Å²) in [6.45, 7) is 3.90. The van der Waals surface area contributed by atoms with E-state index < -0.39 is 0 Å². The molecule has 0 saturated heterocycles. The molecule has 6 heteroatoms. The molecule has 2 unspecified atom stereocenters. The molecule has 0 aromatic heterocycles. The first kappa shape index (κ1) is 17.0. The summed E-state index contributed by atoms with van der Waals surface area (Å²) in [4.78, 5) is 14.8. The van der Waals surface area contributed by atoms with Crippen LogP contribution in [0.25, 0.3) is 0 Å². The molecule has 2 aromatic carbocycles. The second kappa shape index (κ2) is 6.85. The van der Waals surface area contributed by atoms with Crippen molar-refractivity contribution in [3.8, 4) is 0 Å². The van der Waals surface area contributed by atoms with Crippen LogP contribution < -0.4 is 0 Å². The fraction of sp³-hybridized carbons (Fsp3) is 0.364. The third kappa shape index (κ3) is 2.69. The number of hydrogen-bond donors (Lipinski definition) is 0. The van der Waals surface area contributed by atoms with Crippen LogP contribution in [0, 0.1) is 0 Å². The third-order valence-electron chi connectivity index (χ3n) is 6.31.